The third-order valence-electron chi connectivity index (χ3n) is 8.50. The lowest BCUT2D eigenvalue weighted by molar-refractivity contribution is -0.146. The van der Waals surface area contributed by atoms with Crippen molar-refractivity contribution in [1.82, 2.24) is 16.0 Å². The molecule has 13 heteroatoms. The van der Waals surface area contributed by atoms with Gasteiger partial charge in [-0.05, 0) is 73.9 Å². The second kappa shape index (κ2) is 17.5. The van der Waals surface area contributed by atoms with Crippen LogP contribution in [0, 0.1) is 5.92 Å². The molecule has 50 heavy (non-hydrogen) atoms. The molecule has 3 unspecified atom stereocenters. The lowest BCUT2D eigenvalue weighted by Crippen LogP contribution is -2.56. The fourth-order valence-corrected chi connectivity index (χ4v) is 6.73. The van der Waals surface area contributed by atoms with Gasteiger partial charge < -0.3 is 41.6 Å². The van der Waals surface area contributed by atoms with E-state index in [0.29, 0.717) is 31.4 Å². The Morgan fingerprint density at radius 2 is 1.68 bits per heavy atom. The Morgan fingerprint density at radius 3 is 2.42 bits per heavy atom. The van der Waals surface area contributed by atoms with Gasteiger partial charge >= 0.3 is 5.97 Å². The Hall–Kier alpha value is -4.43. The summed E-state index contributed by atoms with van der Waals surface area (Å²) in [5.74, 6) is -1.99. The average Bonchev–Trinajstić information content (AvgIpc) is 3.52. The van der Waals surface area contributed by atoms with E-state index in [0.717, 1.165) is 26.7 Å². The average molecular weight is 704 g/mol. The van der Waals surface area contributed by atoms with Gasteiger partial charge in [-0.15, -0.1) is 0 Å². The molecule has 7 N–H and O–H groups in total. The Kier molecular flexibility index (Phi) is 12.9. The van der Waals surface area contributed by atoms with Crippen molar-refractivity contribution in [3.63, 3.8) is 0 Å². The number of hydrogen-bond donors (Lipinski definition) is 6. The predicted octanol–water partition coefficient (Wildman–Crippen LogP) is 3.99. The Morgan fingerprint density at radius 1 is 0.940 bits per heavy atom. The van der Waals surface area contributed by atoms with Crippen molar-refractivity contribution in [1.29, 1.82) is 0 Å². The van der Waals surface area contributed by atoms with Crippen LogP contribution in [0.4, 0.5) is 11.4 Å². The zero-order valence-electron chi connectivity index (χ0n) is 28.2. The smallest absolute Gasteiger partial charge is 0.323 e. The van der Waals surface area contributed by atoms with Crippen molar-refractivity contribution in [2.24, 2.45) is 11.7 Å². The van der Waals surface area contributed by atoms with E-state index in [-0.39, 0.29) is 25.4 Å². The molecule has 0 spiro atoms. The minimum absolute atomic E-state index is 0.0507. The van der Waals surface area contributed by atoms with Crippen LogP contribution in [0.3, 0.4) is 0 Å². The van der Waals surface area contributed by atoms with Gasteiger partial charge in [-0.2, -0.15) is 0 Å². The highest BCUT2D eigenvalue weighted by Gasteiger charge is 2.33. The van der Waals surface area contributed by atoms with Crippen molar-refractivity contribution in [3.8, 4) is 0 Å². The molecule has 0 aromatic heterocycles. The quantitative estimate of drug-likeness (QED) is 0.0992. The molecule has 266 valence electrons. The molecule has 0 aliphatic carbocycles. The fourth-order valence-electron chi connectivity index (χ4n) is 5.76. The van der Waals surface area contributed by atoms with E-state index in [2.05, 4.69) is 21.3 Å². The van der Waals surface area contributed by atoms with Crippen LogP contribution in [0.15, 0.2) is 82.6 Å². The Bertz CT molecular complexity index is 1660. The first kappa shape index (κ1) is 36.8. The van der Waals surface area contributed by atoms with Gasteiger partial charge in [-0.1, -0.05) is 68.1 Å². The maximum absolute atomic E-state index is 13.8. The number of esters is 1. The van der Waals surface area contributed by atoms with E-state index in [1.165, 1.54) is 0 Å². The van der Waals surface area contributed by atoms with Crippen LogP contribution in [0.2, 0.25) is 0 Å². The number of carbonyl (C=O) groups excluding carboxylic acids is 4. The highest BCUT2D eigenvalue weighted by molar-refractivity contribution is 7.99. The van der Waals surface area contributed by atoms with Crippen LogP contribution < -0.4 is 27.0 Å². The lowest BCUT2D eigenvalue weighted by Gasteiger charge is -2.26. The maximum Gasteiger partial charge on any atom is 0.323 e. The summed E-state index contributed by atoms with van der Waals surface area (Å²) in [6.45, 7) is 4.26. The van der Waals surface area contributed by atoms with Crippen LogP contribution in [0.1, 0.15) is 61.9 Å². The molecule has 2 aliphatic rings. The molecule has 2 aliphatic heterocycles. The Labute approximate surface area is 296 Å². The molecule has 1 fully saturated rings. The number of benzene rings is 3. The van der Waals surface area contributed by atoms with E-state index < -0.39 is 54.1 Å². The first-order valence-electron chi connectivity index (χ1n) is 16.9. The van der Waals surface area contributed by atoms with Gasteiger partial charge in [0.25, 0.3) is 5.91 Å². The normalized spacial score (nSPS) is 18.1. The fraction of sp³-hybridized carbons (Fsp3) is 0.405. The van der Waals surface area contributed by atoms with Crippen LogP contribution in [0.25, 0.3) is 0 Å². The van der Waals surface area contributed by atoms with Crippen LogP contribution in [-0.2, 0) is 30.5 Å². The number of anilines is 2. The number of rotatable bonds is 15. The molecule has 5 atom stereocenters. The summed E-state index contributed by atoms with van der Waals surface area (Å²) in [6.07, 6.45) is 0.322. The third kappa shape index (κ3) is 10.1. The van der Waals surface area contributed by atoms with E-state index in [9.17, 15) is 24.3 Å². The Balaban J connectivity index is 1.26. The summed E-state index contributed by atoms with van der Waals surface area (Å²) in [7, 11) is 0. The molecule has 3 aromatic carbocycles. The van der Waals surface area contributed by atoms with E-state index >= 15 is 0 Å². The molecule has 3 aromatic rings. The van der Waals surface area contributed by atoms with Crippen molar-refractivity contribution in [3.05, 3.63) is 83.9 Å². The van der Waals surface area contributed by atoms with Gasteiger partial charge in [-0.3, -0.25) is 19.2 Å². The van der Waals surface area contributed by atoms with Crippen molar-refractivity contribution in [2.45, 2.75) is 92.8 Å². The summed E-state index contributed by atoms with van der Waals surface area (Å²) in [6, 6.07) is 19.0. The minimum Gasteiger partial charge on any atom is -0.460 e. The SMILES string of the molecule is CC(C)C[C@H](NC(=O)C(CCCC(N)C(=O)OCc1ccccc1)NC(=O)c1ccc2c(c1)Nc1ccccc1S2)C(=O)N[C@H]1CCOC1O. The van der Waals surface area contributed by atoms with Crippen molar-refractivity contribution in [2.75, 3.05) is 11.9 Å². The molecular formula is C37H45N5O7S. The van der Waals surface area contributed by atoms with Gasteiger partial charge in [-0.25, -0.2) is 0 Å². The zero-order chi connectivity index (χ0) is 35.6. The first-order valence-corrected chi connectivity index (χ1v) is 17.7. The highest BCUT2D eigenvalue weighted by atomic mass is 32.2. The van der Waals surface area contributed by atoms with Crippen LogP contribution >= 0.6 is 11.8 Å². The second-order valence-electron chi connectivity index (χ2n) is 12.9. The summed E-state index contributed by atoms with van der Waals surface area (Å²) >= 11 is 1.60. The van der Waals surface area contributed by atoms with Crippen LogP contribution in [0.5, 0.6) is 0 Å². The lowest BCUT2D eigenvalue weighted by atomic mass is 10.0. The summed E-state index contributed by atoms with van der Waals surface area (Å²) in [4.78, 5) is 55.4. The van der Waals surface area contributed by atoms with Gasteiger partial charge in [0.15, 0.2) is 6.29 Å². The summed E-state index contributed by atoms with van der Waals surface area (Å²) in [5.41, 5.74) is 9.04. The first-order chi connectivity index (χ1) is 24.1. The van der Waals surface area contributed by atoms with E-state index in [1.807, 2.05) is 74.5 Å². The standard InChI is InChI=1S/C37H45N5O7S/c1-22(2)19-30(35(45)41-28-17-18-48-37(28)47)42-34(44)27(13-8-11-25(38)36(46)49-21-23-9-4-3-5-10-23)40-33(43)24-15-16-32-29(20-24)39-26-12-6-7-14-31(26)50-32/h3-7,9-10,12,14-16,20,22,25,27-28,30,37,39,47H,8,11,13,17-19,21,38H2,1-2H3,(H,40,43)(H,41,45)(H,42,44)/t25?,27?,28-,30-,37?/m0/s1. The third-order valence-corrected chi connectivity index (χ3v) is 9.66. The van der Waals surface area contributed by atoms with E-state index in [4.69, 9.17) is 15.2 Å². The number of nitrogens with two attached hydrogens (primary N) is 1. The van der Waals surface area contributed by atoms with Crippen molar-refractivity contribution >= 4 is 46.8 Å². The molecule has 0 radical (unpaired) electrons. The van der Waals surface area contributed by atoms with Crippen molar-refractivity contribution < 1.29 is 33.8 Å². The monoisotopic (exact) mass is 703 g/mol. The number of amides is 3. The minimum atomic E-state index is -1.12. The van der Waals surface area contributed by atoms with Gasteiger partial charge in [0.05, 0.1) is 24.0 Å². The molecule has 2 heterocycles. The van der Waals surface area contributed by atoms with Gasteiger partial charge in [0, 0.05) is 15.4 Å². The summed E-state index contributed by atoms with van der Waals surface area (Å²) < 4.78 is 10.5. The number of fused-ring (bicyclic) bond motifs is 2. The summed E-state index contributed by atoms with van der Waals surface area (Å²) in [5, 5.41) is 21.9. The van der Waals surface area contributed by atoms with Gasteiger partial charge in [0.1, 0.15) is 24.7 Å². The number of para-hydroxylation sites is 1. The zero-order valence-corrected chi connectivity index (χ0v) is 29.0. The molecule has 12 nitrogen and oxygen atoms in total. The predicted molar refractivity (Wildman–Crippen MR) is 190 cm³/mol. The molecule has 0 saturated carbocycles. The van der Waals surface area contributed by atoms with E-state index in [1.54, 1.807) is 23.9 Å². The van der Waals surface area contributed by atoms with Gasteiger partial charge in [0.2, 0.25) is 11.8 Å². The van der Waals surface area contributed by atoms with Crippen LogP contribution in [-0.4, -0.2) is 65.9 Å². The molecule has 3 amide bonds. The topological polar surface area (TPSA) is 181 Å². The largest absolute Gasteiger partial charge is 0.460 e. The molecule has 5 rings (SSSR count). The number of hydrogen-bond acceptors (Lipinski definition) is 10. The number of nitrogens with one attached hydrogen (secondary N) is 4. The highest BCUT2D eigenvalue weighted by Crippen LogP contribution is 2.44. The number of aliphatic hydroxyl groups excluding tert-OH is 1. The molecule has 1 saturated heterocycles. The number of aliphatic hydroxyl groups is 1. The number of ether oxygens (including phenoxy) is 2. The molecular weight excluding hydrogens is 659 g/mol. The maximum atomic E-state index is 13.8. The molecule has 0 bridgehead atoms. The number of carbonyl (C=O) groups is 4. The second-order valence-corrected chi connectivity index (χ2v) is 14.0.